The number of rotatable bonds is 6. The molecule has 35 heavy (non-hydrogen) atoms. The molecule has 0 aliphatic carbocycles. The van der Waals surface area contributed by atoms with E-state index in [2.05, 4.69) is 15.6 Å². The van der Waals surface area contributed by atoms with E-state index in [0.29, 0.717) is 32.0 Å². The molecule has 1 aromatic heterocycles. The third-order valence-electron chi connectivity index (χ3n) is 5.43. The van der Waals surface area contributed by atoms with E-state index in [1.807, 2.05) is 0 Å². The van der Waals surface area contributed by atoms with Gasteiger partial charge in [-0.05, 0) is 59.0 Å². The number of carboxylic acids is 1. The molecule has 4 aromatic rings. The first-order valence-corrected chi connectivity index (χ1v) is 11.6. The van der Waals surface area contributed by atoms with Crippen molar-refractivity contribution in [1.29, 1.82) is 0 Å². The number of carbonyl (C=O) groups excluding carboxylic acids is 1. The van der Waals surface area contributed by atoms with Crippen LogP contribution in [0.3, 0.4) is 0 Å². The molecule has 3 aromatic carbocycles. The number of fused-ring (bicyclic) bond motifs is 1. The zero-order valence-electron chi connectivity index (χ0n) is 19.2. The van der Waals surface area contributed by atoms with Crippen LogP contribution in [0.1, 0.15) is 31.1 Å². The summed E-state index contributed by atoms with van der Waals surface area (Å²) in [6.45, 7) is 5.20. The second-order valence-electron chi connectivity index (χ2n) is 9.14. The number of aliphatic carboxylic acids is 1. The highest BCUT2D eigenvalue weighted by molar-refractivity contribution is 7.22. The van der Waals surface area contributed by atoms with Crippen molar-refractivity contribution < 1.29 is 23.5 Å². The van der Waals surface area contributed by atoms with Crippen molar-refractivity contribution in [2.75, 3.05) is 5.32 Å². The molecule has 180 valence electrons. The maximum Gasteiger partial charge on any atom is 0.326 e. The molecule has 4 rings (SSSR count). The number of amides is 1. The number of halogens is 2. The lowest BCUT2D eigenvalue weighted by molar-refractivity contribution is -0.142. The van der Waals surface area contributed by atoms with E-state index in [4.69, 9.17) is 0 Å². The maximum absolute atomic E-state index is 14.8. The SMILES string of the molecule is CC(C)(C)[C@H](NC(=O)c1ccc(-c2ccc(Nc3nc4ccc(F)cc4s3)c(F)c2)cc1)C(=O)O. The van der Waals surface area contributed by atoms with Gasteiger partial charge in [0.15, 0.2) is 5.13 Å². The molecular weight excluding hydrogens is 472 g/mol. The molecule has 0 unspecified atom stereocenters. The summed E-state index contributed by atoms with van der Waals surface area (Å²) >= 11 is 1.22. The summed E-state index contributed by atoms with van der Waals surface area (Å²) in [5.41, 5.74) is 1.78. The zero-order chi connectivity index (χ0) is 25.3. The average molecular weight is 496 g/mol. The predicted octanol–water partition coefficient (Wildman–Crippen LogP) is 6.21. The normalized spacial score (nSPS) is 12.4. The minimum absolute atomic E-state index is 0.228. The lowest BCUT2D eigenvalue weighted by Crippen LogP contribution is -2.49. The second-order valence-corrected chi connectivity index (χ2v) is 10.2. The van der Waals surface area contributed by atoms with Gasteiger partial charge in [-0.2, -0.15) is 0 Å². The van der Waals surface area contributed by atoms with E-state index in [9.17, 15) is 23.5 Å². The molecule has 1 amide bonds. The molecule has 0 bridgehead atoms. The minimum atomic E-state index is -1.11. The smallest absolute Gasteiger partial charge is 0.326 e. The van der Waals surface area contributed by atoms with Gasteiger partial charge < -0.3 is 15.7 Å². The molecule has 0 fully saturated rings. The van der Waals surface area contributed by atoms with E-state index in [1.165, 1.54) is 29.5 Å². The first-order chi connectivity index (χ1) is 16.5. The van der Waals surface area contributed by atoms with Crippen LogP contribution in [0.2, 0.25) is 0 Å². The molecule has 0 aliphatic rings. The van der Waals surface area contributed by atoms with Crippen molar-refractivity contribution in [3.05, 3.63) is 77.9 Å². The molecular formula is C26H23F2N3O3S. The van der Waals surface area contributed by atoms with Crippen LogP contribution in [-0.2, 0) is 4.79 Å². The zero-order valence-corrected chi connectivity index (χ0v) is 20.0. The Labute approximate surface area is 204 Å². The van der Waals surface area contributed by atoms with Crippen LogP contribution in [0.25, 0.3) is 21.3 Å². The van der Waals surface area contributed by atoms with E-state index in [0.717, 1.165) is 0 Å². The van der Waals surface area contributed by atoms with E-state index < -0.39 is 29.2 Å². The Morgan fingerprint density at radius 2 is 1.66 bits per heavy atom. The Kier molecular flexibility index (Phi) is 6.53. The minimum Gasteiger partial charge on any atom is -0.480 e. The number of nitrogens with one attached hydrogen (secondary N) is 2. The topological polar surface area (TPSA) is 91.3 Å². The highest BCUT2D eigenvalue weighted by atomic mass is 32.1. The van der Waals surface area contributed by atoms with Crippen molar-refractivity contribution in [1.82, 2.24) is 10.3 Å². The van der Waals surface area contributed by atoms with Gasteiger partial charge in [0.2, 0.25) is 0 Å². The number of carboxylic acid groups (broad SMARTS) is 1. The summed E-state index contributed by atoms with van der Waals surface area (Å²) in [6, 6.07) is 14.4. The molecule has 0 aliphatic heterocycles. The summed E-state index contributed by atoms with van der Waals surface area (Å²) < 4.78 is 28.9. The Bertz CT molecular complexity index is 1410. The highest BCUT2D eigenvalue weighted by Gasteiger charge is 2.32. The van der Waals surface area contributed by atoms with Crippen LogP contribution in [0.5, 0.6) is 0 Å². The van der Waals surface area contributed by atoms with Gasteiger partial charge >= 0.3 is 5.97 Å². The van der Waals surface area contributed by atoms with E-state index in [1.54, 1.807) is 63.2 Å². The van der Waals surface area contributed by atoms with Gasteiger partial charge in [-0.25, -0.2) is 18.6 Å². The molecule has 0 saturated carbocycles. The van der Waals surface area contributed by atoms with Gasteiger partial charge in [-0.3, -0.25) is 4.79 Å². The van der Waals surface area contributed by atoms with Gasteiger partial charge in [0.1, 0.15) is 17.7 Å². The lowest BCUT2D eigenvalue weighted by atomic mass is 9.86. The monoisotopic (exact) mass is 495 g/mol. The lowest BCUT2D eigenvalue weighted by Gasteiger charge is -2.27. The molecule has 0 spiro atoms. The van der Waals surface area contributed by atoms with Crippen LogP contribution in [0.15, 0.2) is 60.7 Å². The van der Waals surface area contributed by atoms with Gasteiger partial charge in [-0.15, -0.1) is 0 Å². The first kappa shape index (κ1) is 24.3. The summed E-state index contributed by atoms with van der Waals surface area (Å²) in [5, 5.41) is 15.3. The maximum atomic E-state index is 14.8. The standard InChI is InChI=1S/C26H23F2N3O3S/c1-26(2,3)22(24(33)34)31-23(32)15-6-4-14(5-7-15)16-8-10-19(18(28)12-16)29-25-30-20-11-9-17(27)13-21(20)35-25/h4-13,22H,1-3H3,(H,29,30)(H,31,32)(H,33,34)/t22-/m1/s1. The summed E-state index contributed by atoms with van der Waals surface area (Å²) in [4.78, 5) is 28.4. The molecule has 1 heterocycles. The number of anilines is 2. The van der Waals surface area contributed by atoms with Gasteiger partial charge in [0, 0.05) is 5.56 Å². The molecule has 9 heteroatoms. The summed E-state index contributed by atoms with van der Waals surface area (Å²) in [6.07, 6.45) is 0. The number of aromatic nitrogens is 1. The highest BCUT2D eigenvalue weighted by Crippen LogP contribution is 2.31. The van der Waals surface area contributed by atoms with Crippen LogP contribution in [-0.4, -0.2) is 28.0 Å². The number of hydrogen-bond acceptors (Lipinski definition) is 5. The summed E-state index contributed by atoms with van der Waals surface area (Å²) in [5.74, 6) is -2.46. The third-order valence-corrected chi connectivity index (χ3v) is 6.36. The third kappa shape index (κ3) is 5.46. The Balaban J connectivity index is 1.49. The van der Waals surface area contributed by atoms with Crippen LogP contribution in [0.4, 0.5) is 19.6 Å². The number of thiazole rings is 1. The Hall–Kier alpha value is -3.85. The van der Waals surface area contributed by atoms with Crippen molar-refractivity contribution in [3.63, 3.8) is 0 Å². The van der Waals surface area contributed by atoms with Crippen molar-refractivity contribution in [2.24, 2.45) is 5.41 Å². The molecule has 3 N–H and O–H groups in total. The first-order valence-electron chi connectivity index (χ1n) is 10.8. The van der Waals surface area contributed by atoms with Gasteiger partial charge in [-0.1, -0.05) is 50.3 Å². The van der Waals surface area contributed by atoms with Crippen molar-refractivity contribution in [3.8, 4) is 11.1 Å². The van der Waals surface area contributed by atoms with Crippen molar-refractivity contribution >= 4 is 44.2 Å². The fraction of sp³-hybridized carbons (Fsp3) is 0.192. The predicted molar refractivity (Wildman–Crippen MR) is 133 cm³/mol. The largest absolute Gasteiger partial charge is 0.480 e. The molecule has 6 nitrogen and oxygen atoms in total. The van der Waals surface area contributed by atoms with Crippen LogP contribution in [0, 0.1) is 17.0 Å². The average Bonchev–Trinajstić information content (AvgIpc) is 3.19. The molecule has 1 atom stereocenters. The summed E-state index contributed by atoms with van der Waals surface area (Å²) in [7, 11) is 0. The Morgan fingerprint density at radius 3 is 2.29 bits per heavy atom. The number of benzene rings is 3. The van der Waals surface area contributed by atoms with Crippen LogP contribution >= 0.6 is 11.3 Å². The Morgan fingerprint density at radius 1 is 0.971 bits per heavy atom. The number of carbonyl (C=O) groups is 2. The van der Waals surface area contributed by atoms with Crippen molar-refractivity contribution in [2.45, 2.75) is 26.8 Å². The van der Waals surface area contributed by atoms with Gasteiger partial charge in [0.05, 0.1) is 15.9 Å². The quantitative estimate of drug-likeness (QED) is 0.296. The fourth-order valence-electron chi connectivity index (χ4n) is 3.54. The van der Waals surface area contributed by atoms with Crippen LogP contribution < -0.4 is 10.6 Å². The second kappa shape index (κ2) is 9.42. The fourth-order valence-corrected chi connectivity index (χ4v) is 4.44. The number of hydrogen-bond donors (Lipinski definition) is 3. The van der Waals surface area contributed by atoms with E-state index >= 15 is 0 Å². The molecule has 0 saturated heterocycles. The molecule has 0 radical (unpaired) electrons. The number of nitrogens with zero attached hydrogens (tertiary/aromatic N) is 1. The van der Waals surface area contributed by atoms with Gasteiger partial charge in [0.25, 0.3) is 5.91 Å². The van der Waals surface area contributed by atoms with E-state index in [-0.39, 0.29) is 11.5 Å².